The second-order valence-corrected chi connectivity index (χ2v) is 2.55. The maximum Gasteiger partial charge on any atom is 0.243 e. The zero-order valence-corrected chi connectivity index (χ0v) is 7.04. The summed E-state index contributed by atoms with van der Waals surface area (Å²) in [7, 11) is 0. The topological polar surface area (TPSA) is 43.6 Å². The Labute approximate surface area is 69.9 Å². The summed E-state index contributed by atoms with van der Waals surface area (Å²) in [5, 5.41) is 10.9. The van der Waals surface area contributed by atoms with Gasteiger partial charge in [-0.15, -0.1) is 0 Å². The zero-order valence-electron chi connectivity index (χ0n) is 6.29. The van der Waals surface area contributed by atoms with Gasteiger partial charge in [-0.1, -0.05) is 24.2 Å². The molecule has 0 aliphatic heterocycles. The predicted octanol–water partition coefficient (Wildman–Crippen LogP) is 1.29. The molecule has 0 saturated carbocycles. The second kappa shape index (κ2) is 3.48. The van der Waals surface area contributed by atoms with E-state index in [9.17, 15) is 0 Å². The highest BCUT2D eigenvalue weighted by molar-refractivity contribution is 6.28. The van der Waals surface area contributed by atoms with E-state index < -0.39 is 0 Å². The Hall–Kier alpha value is -0.900. The molecule has 1 rings (SSSR count). The van der Waals surface area contributed by atoms with Gasteiger partial charge in [-0.3, -0.25) is 0 Å². The summed E-state index contributed by atoms with van der Waals surface area (Å²) in [4.78, 5) is 0. The molecule has 1 heterocycles. The summed E-state index contributed by atoms with van der Waals surface area (Å²) in [5.41, 5.74) is 1.05. The van der Waals surface area contributed by atoms with Crippen LogP contribution >= 0.6 is 11.6 Å². The molecule has 0 unspecified atom stereocenters. The van der Waals surface area contributed by atoms with Crippen LogP contribution in [0.15, 0.2) is 12.2 Å². The summed E-state index contributed by atoms with van der Waals surface area (Å²) in [6, 6.07) is 0. The first-order valence-electron chi connectivity index (χ1n) is 3.32. The number of tetrazole rings is 1. The van der Waals surface area contributed by atoms with E-state index in [0.29, 0.717) is 11.8 Å². The van der Waals surface area contributed by atoms with Crippen LogP contribution in [0.4, 0.5) is 0 Å². The van der Waals surface area contributed by atoms with Crippen LogP contribution in [-0.4, -0.2) is 20.2 Å². The summed E-state index contributed by atoms with van der Waals surface area (Å²) in [6.07, 6.45) is 0.913. The minimum atomic E-state index is 0.305. The van der Waals surface area contributed by atoms with Gasteiger partial charge in [0.25, 0.3) is 0 Å². The molecular weight excluding hydrogens is 164 g/mol. The van der Waals surface area contributed by atoms with Gasteiger partial charge in [-0.05, 0) is 28.4 Å². The lowest BCUT2D eigenvalue weighted by molar-refractivity contribution is 0.632. The Morgan fingerprint density at radius 2 is 2.45 bits per heavy atom. The van der Waals surface area contributed by atoms with Crippen molar-refractivity contribution in [1.29, 1.82) is 0 Å². The molecule has 1 aromatic rings. The molecule has 0 atom stereocenters. The molecule has 0 aromatic carbocycles. The van der Waals surface area contributed by atoms with E-state index in [1.165, 1.54) is 4.68 Å². The Morgan fingerprint density at radius 3 is 2.91 bits per heavy atom. The van der Waals surface area contributed by atoms with Crippen molar-refractivity contribution in [2.24, 2.45) is 0 Å². The molecular formula is C6H9ClN4. The lowest BCUT2D eigenvalue weighted by Crippen LogP contribution is -2.02. The minimum Gasteiger partial charge on any atom is -0.212 e. The van der Waals surface area contributed by atoms with Crippen molar-refractivity contribution in [3.8, 4) is 0 Å². The van der Waals surface area contributed by atoms with Gasteiger partial charge in [0.05, 0.1) is 6.54 Å². The maximum absolute atomic E-state index is 5.63. The molecule has 60 valence electrons. The molecule has 0 bridgehead atoms. The van der Waals surface area contributed by atoms with Gasteiger partial charge in [0.1, 0.15) is 0 Å². The summed E-state index contributed by atoms with van der Waals surface area (Å²) in [5.74, 6) is 0. The van der Waals surface area contributed by atoms with E-state index in [2.05, 4.69) is 22.1 Å². The van der Waals surface area contributed by atoms with Crippen LogP contribution in [0.25, 0.3) is 0 Å². The minimum absolute atomic E-state index is 0.305. The van der Waals surface area contributed by atoms with Gasteiger partial charge in [-0.25, -0.2) is 4.68 Å². The van der Waals surface area contributed by atoms with Crippen molar-refractivity contribution in [1.82, 2.24) is 20.2 Å². The number of aromatic nitrogens is 4. The predicted molar refractivity (Wildman–Crippen MR) is 42.3 cm³/mol. The van der Waals surface area contributed by atoms with E-state index in [0.717, 1.165) is 12.0 Å². The average Bonchev–Trinajstić information content (AvgIpc) is 2.37. The van der Waals surface area contributed by atoms with Gasteiger partial charge in [0.15, 0.2) is 0 Å². The molecule has 11 heavy (non-hydrogen) atoms. The number of rotatable bonds is 3. The molecule has 1 aromatic heterocycles. The monoisotopic (exact) mass is 172 g/mol. The fraction of sp³-hybridized carbons (Fsp3) is 0.500. The standard InChI is InChI=1S/C6H9ClN4/c1-3-5(2)4-11-6(7)8-9-10-11/h2-4H2,1H3. The Bertz CT molecular complexity index is 255. The molecule has 0 aliphatic rings. The number of allylic oxidation sites excluding steroid dienone is 1. The van der Waals surface area contributed by atoms with E-state index >= 15 is 0 Å². The number of nitrogens with zero attached hydrogens (tertiary/aromatic N) is 4. The lowest BCUT2D eigenvalue weighted by Gasteiger charge is -2.00. The van der Waals surface area contributed by atoms with Crippen molar-refractivity contribution in [2.75, 3.05) is 0 Å². The lowest BCUT2D eigenvalue weighted by atomic mass is 10.2. The van der Waals surface area contributed by atoms with Crippen molar-refractivity contribution in [3.05, 3.63) is 17.4 Å². The van der Waals surface area contributed by atoms with E-state index in [4.69, 9.17) is 11.6 Å². The van der Waals surface area contributed by atoms with Crippen LogP contribution in [0.1, 0.15) is 13.3 Å². The van der Waals surface area contributed by atoms with E-state index in [1.807, 2.05) is 6.92 Å². The smallest absolute Gasteiger partial charge is 0.212 e. The fourth-order valence-electron chi connectivity index (χ4n) is 0.614. The first-order chi connectivity index (χ1) is 5.24. The maximum atomic E-state index is 5.63. The first-order valence-corrected chi connectivity index (χ1v) is 3.70. The average molecular weight is 173 g/mol. The van der Waals surface area contributed by atoms with Crippen LogP contribution < -0.4 is 0 Å². The van der Waals surface area contributed by atoms with Gasteiger partial charge < -0.3 is 0 Å². The quantitative estimate of drug-likeness (QED) is 0.646. The van der Waals surface area contributed by atoms with E-state index in [1.54, 1.807) is 0 Å². The van der Waals surface area contributed by atoms with Crippen molar-refractivity contribution >= 4 is 11.6 Å². The fourth-order valence-corrected chi connectivity index (χ4v) is 0.742. The SMILES string of the molecule is C=C(CC)Cn1nnnc1Cl. The molecule has 0 N–H and O–H groups in total. The Morgan fingerprint density at radius 1 is 1.73 bits per heavy atom. The molecule has 0 spiro atoms. The molecule has 0 aliphatic carbocycles. The van der Waals surface area contributed by atoms with Crippen LogP contribution in [-0.2, 0) is 6.54 Å². The summed E-state index contributed by atoms with van der Waals surface area (Å²) >= 11 is 5.63. The second-order valence-electron chi connectivity index (χ2n) is 2.21. The van der Waals surface area contributed by atoms with Crippen LogP contribution in [0.2, 0.25) is 5.28 Å². The summed E-state index contributed by atoms with van der Waals surface area (Å²) in [6.45, 7) is 6.44. The largest absolute Gasteiger partial charge is 0.243 e. The first kappa shape index (κ1) is 8.20. The van der Waals surface area contributed by atoms with Crippen LogP contribution in [0.3, 0.4) is 0 Å². The van der Waals surface area contributed by atoms with E-state index in [-0.39, 0.29) is 0 Å². The van der Waals surface area contributed by atoms with Gasteiger partial charge in [0, 0.05) is 0 Å². The van der Waals surface area contributed by atoms with Crippen LogP contribution in [0.5, 0.6) is 0 Å². The Kier molecular flexibility index (Phi) is 2.59. The zero-order chi connectivity index (χ0) is 8.27. The van der Waals surface area contributed by atoms with Crippen molar-refractivity contribution < 1.29 is 0 Å². The van der Waals surface area contributed by atoms with Gasteiger partial charge in [0.2, 0.25) is 5.28 Å². The number of hydrogen-bond donors (Lipinski definition) is 0. The number of hydrogen-bond acceptors (Lipinski definition) is 3. The van der Waals surface area contributed by atoms with Gasteiger partial charge >= 0.3 is 0 Å². The number of halogens is 1. The summed E-state index contributed by atoms with van der Waals surface area (Å²) < 4.78 is 1.51. The van der Waals surface area contributed by atoms with Crippen molar-refractivity contribution in [2.45, 2.75) is 19.9 Å². The molecule has 0 fully saturated rings. The third-order valence-electron chi connectivity index (χ3n) is 1.36. The molecule has 0 amide bonds. The third-order valence-corrected chi connectivity index (χ3v) is 1.63. The highest BCUT2D eigenvalue weighted by atomic mass is 35.5. The highest BCUT2D eigenvalue weighted by Crippen LogP contribution is 2.05. The molecule has 0 saturated heterocycles. The highest BCUT2D eigenvalue weighted by Gasteiger charge is 2.01. The van der Waals surface area contributed by atoms with Gasteiger partial charge in [-0.2, -0.15) is 0 Å². The molecule has 4 nitrogen and oxygen atoms in total. The Balaban J connectivity index is 2.64. The molecule has 0 radical (unpaired) electrons. The van der Waals surface area contributed by atoms with Crippen LogP contribution in [0, 0.1) is 0 Å². The normalized spacial score (nSPS) is 10.0. The van der Waals surface area contributed by atoms with Crippen molar-refractivity contribution in [3.63, 3.8) is 0 Å². The third kappa shape index (κ3) is 2.01. The molecule has 5 heteroatoms.